The van der Waals surface area contributed by atoms with Gasteiger partial charge in [-0.1, -0.05) is 220 Å². The lowest BCUT2D eigenvalue weighted by Crippen LogP contribution is -2.30. The summed E-state index contributed by atoms with van der Waals surface area (Å²) in [4.78, 5) is 38.1. The molecule has 0 saturated carbocycles. The van der Waals surface area contributed by atoms with Gasteiger partial charge in [-0.2, -0.15) is 0 Å². The molecule has 0 N–H and O–H groups in total. The molecule has 0 bridgehead atoms. The molecule has 0 heterocycles. The van der Waals surface area contributed by atoms with Crippen molar-refractivity contribution in [1.82, 2.24) is 0 Å². The van der Waals surface area contributed by atoms with Crippen molar-refractivity contribution in [1.29, 1.82) is 0 Å². The second-order valence-electron chi connectivity index (χ2n) is 18.5. The minimum Gasteiger partial charge on any atom is -0.462 e. The second-order valence-corrected chi connectivity index (χ2v) is 18.5. The van der Waals surface area contributed by atoms with Crippen molar-refractivity contribution in [2.45, 2.75) is 258 Å². The molecule has 0 radical (unpaired) electrons. The van der Waals surface area contributed by atoms with Crippen LogP contribution in [0.15, 0.2) is 109 Å². The molecule has 0 rings (SSSR count). The highest BCUT2D eigenvalue weighted by atomic mass is 16.6. The van der Waals surface area contributed by atoms with Gasteiger partial charge in [0.15, 0.2) is 6.10 Å². The third kappa shape index (κ3) is 54.9. The third-order valence-electron chi connectivity index (χ3n) is 11.7. The van der Waals surface area contributed by atoms with Crippen LogP contribution in [0.5, 0.6) is 0 Å². The second kappa shape index (κ2) is 56.7. The quantitative estimate of drug-likeness (QED) is 0.0262. The summed E-state index contributed by atoms with van der Waals surface area (Å²) in [6, 6.07) is 0. The molecule has 6 nitrogen and oxygen atoms in total. The summed E-state index contributed by atoms with van der Waals surface area (Å²) >= 11 is 0. The predicted molar refractivity (Wildman–Crippen MR) is 297 cm³/mol. The van der Waals surface area contributed by atoms with Crippen LogP contribution in [0.4, 0.5) is 0 Å². The lowest BCUT2D eigenvalue weighted by atomic mass is 10.1. The van der Waals surface area contributed by atoms with Gasteiger partial charge in [0.1, 0.15) is 13.2 Å². The Morgan fingerprint density at radius 2 is 0.536 bits per heavy atom. The van der Waals surface area contributed by atoms with Crippen LogP contribution in [0, 0.1) is 0 Å². The Balaban J connectivity index is 4.57. The molecule has 0 aromatic rings. The van der Waals surface area contributed by atoms with E-state index in [-0.39, 0.29) is 44.0 Å². The number of carbonyl (C=O) groups is 3. The number of ether oxygens (including phenoxy) is 3. The van der Waals surface area contributed by atoms with Crippen LogP contribution in [-0.2, 0) is 28.6 Å². The molecule has 0 fully saturated rings. The Labute approximate surface area is 425 Å². The van der Waals surface area contributed by atoms with Crippen molar-refractivity contribution >= 4 is 17.9 Å². The lowest BCUT2D eigenvalue weighted by Gasteiger charge is -2.18. The Morgan fingerprint density at radius 3 is 0.899 bits per heavy atom. The summed E-state index contributed by atoms with van der Waals surface area (Å²) in [6.07, 6.45) is 76.5. The van der Waals surface area contributed by atoms with Crippen molar-refractivity contribution in [3.8, 4) is 0 Å². The van der Waals surface area contributed by atoms with E-state index in [9.17, 15) is 14.4 Å². The van der Waals surface area contributed by atoms with Gasteiger partial charge in [0.25, 0.3) is 0 Å². The van der Waals surface area contributed by atoms with Crippen LogP contribution in [0.1, 0.15) is 252 Å². The Morgan fingerprint density at radius 1 is 0.290 bits per heavy atom. The highest BCUT2D eigenvalue weighted by molar-refractivity contribution is 5.71. The maximum Gasteiger partial charge on any atom is 0.306 e. The van der Waals surface area contributed by atoms with E-state index in [1.54, 1.807) is 0 Å². The highest BCUT2D eigenvalue weighted by Gasteiger charge is 2.19. The number of allylic oxidation sites excluding steroid dienone is 18. The molecule has 0 aromatic heterocycles. The van der Waals surface area contributed by atoms with Gasteiger partial charge in [-0.3, -0.25) is 14.4 Å². The Bertz CT molecular complexity index is 1420. The van der Waals surface area contributed by atoms with Crippen molar-refractivity contribution in [3.63, 3.8) is 0 Å². The zero-order valence-corrected chi connectivity index (χ0v) is 44.8. The summed E-state index contributed by atoms with van der Waals surface area (Å²) in [5, 5.41) is 0. The van der Waals surface area contributed by atoms with Crippen LogP contribution < -0.4 is 0 Å². The highest BCUT2D eigenvalue weighted by Crippen LogP contribution is 2.13. The average molecular weight is 958 g/mol. The number of unbranched alkanes of at least 4 members (excludes halogenated alkanes) is 21. The lowest BCUT2D eigenvalue weighted by molar-refractivity contribution is -0.167. The van der Waals surface area contributed by atoms with E-state index in [1.807, 2.05) is 0 Å². The molecule has 0 spiro atoms. The zero-order valence-electron chi connectivity index (χ0n) is 44.8. The molecule has 0 saturated heterocycles. The molecule has 0 aliphatic rings. The minimum atomic E-state index is -0.833. The van der Waals surface area contributed by atoms with E-state index in [4.69, 9.17) is 14.2 Å². The van der Waals surface area contributed by atoms with Gasteiger partial charge < -0.3 is 14.2 Å². The maximum atomic E-state index is 12.8. The average Bonchev–Trinajstić information content (AvgIpc) is 3.35. The first-order chi connectivity index (χ1) is 34.0. The van der Waals surface area contributed by atoms with E-state index in [2.05, 4.69) is 130 Å². The van der Waals surface area contributed by atoms with Crippen molar-refractivity contribution in [2.24, 2.45) is 0 Å². The van der Waals surface area contributed by atoms with E-state index < -0.39 is 6.10 Å². The molecule has 0 amide bonds. The van der Waals surface area contributed by atoms with Crippen LogP contribution in [-0.4, -0.2) is 37.2 Å². The molecule has 69 heavy (non-hydrogen) atoms. The van der Waals surface area contributed by atoms with Crippen LogP contribution in [0.2, 0.25) is 0 Å². The van der Waals surface area contributed by atoms with Crippen molar-refractivity contribution in [2.75, 3.05) is 13.2 Å². The summed E-state index contributed by atoms with van der Waals surface area (Å²) in [5.41, 5.74) is 0. The molecular formula is C63H104O6. The topological polar surface area (TPSA) is 78.9 Å². The SMILES string of the molecule is CCCCC/C=C\C/C=C\C/C=C\C/C=C\CCCC(=O)O[C@@H](COC(=O)CCC/C=C\C/C=C\C/C=C\CCCCCCCC)COC(=O)CCCCCCCCC/C=C\C/C=C\CCCCC. The molecule has 0 aliphatic carbocycles. The third-order valence-corrected chi connectivity index (χ3v) is 11.7. The first-order valence-corrected chi connectivity index (χ1v) is 28.4. The maximum absolute atomic E-state index is 12.8. The van der Waals surface area contributed by atoms with Gasteiger partial charge in [0.2, 0.25) is 0 Å². The molecule has 0 aromatic carbocycles. The number of esters is 3. The smallest absolute Gasteiger partial charge is 0.306 e. The van der Waals surface area contributed by atoms with Gasteiger partial charge >= 0.3 is 17.9 Å². The molecule has 0 aliphatic heterocycles. The van der Waals surface area contributed by atoms with Crippen LogP contribution >= 0.6 is 0 Å². The molecule has 6 heteroatoms. The monoisotopic (exact) mass is 957 g/mol. The van der Waals surface area contributed by atoms with E-state index in [0.717, 1.165) is 77.0 Å². The van der Waals surface area contributed by atoms with Gasteiger partial charge in [0, 0.05) is 19.3 Å². The van der Waals surface area contributed by atoms with E-state index in [0.29, 0.717) is 19.3 Å². The van der Waals surface area contributed by atoms with Crippen molar-refractivity contribution in [3.05, 3.63) is 109 Å². The van der Waals surface area contributed by atoms with Crippen LogP contribution in [0.25, 0.3) is 0 Å². The fourth-order valence-corrected chi connectivity index (χ4v) is 7.42. The van der Waals surface area contributed by atoms with E-state index in [1.165, 1.54) is 122 Å². The Kier molecular flexibility index (Phi) is 53.4. The van der Waals surface area contributed by atoms with Gasteiger partial charge in [-0.25, -0.2) is 0 Å². The van der Waals surface area contributed by atoms with E-state index >= 15 is 0 Å². The van der Waals surface area contributed by atoms with Crippen LogP contribution in [0.3, 0.4) is 0 Å². The molecule has 0 unspecified atom stereocenters. The fourth-order valence-electron chi connectivity index (χ4n) is 7.42. The number of hydrogen-bond donors (Lipinski definition) is 0. The summed E-state index contributed by atoms with van der Waals surface area (Å²) in [6.45, 7) is 6.48. The number of rotatable bonds is 50. The van der Waals surface area contributed by atoms with Gasteiger partial charge in [-0.05, 0) is 122 Å². The molecule has 1 atom stereocenters. The minimum absolute atomic E-state index is 0.121. The Hall–Kier alpha value is -3.93. The largest absolute Gasteiger partial charge is 0.462 e. The molecule has 392 valence electrons. The predicted octanol–water partition coefficient (Wildman–Crippen LogP) is 19.1. The molecular weight excluding hydrogens is 853 g/mol. The fraction of sp³-hybridized carbons (Fsp3) is 0.667. The van der Waals surface area contributed by atoms with Gasteiger partial charge in [0.05, 0.1) is 0 Å². The van der Waals surface area contributed by atoms with Gasteiger partial charge in [-0.15, -0.1) is 0 Å². The summed E-state index contributed by atoms with van der Waals surface area (Å²) in [5.74, 6) is -1.04. The summed E-state index contributed by atoms with van der Waals surface area (Å²) < 4.78 is 16.8. The summed E-state index contributed by atoms with van der Waals surface area (Å²) in [7, 11) is 0. The standard InChI is InChI=1S/C63H104O6/c1-4-7-10-13-16-19-22-25-28-31-34-37-40-43-46-49-52-55-61(64)67-58-60(69-63(66)57-54-51-48-45-42-39-36-33-30-27-24-21-18-15-12-9-6-3)59-68-62(65)56-53-50-47-44-41-38-35-32-29-26-23-20-17-14-11-8-5-2/h16,18-19,21,25-30,35-36,38-39,44-45,47-48,60H,4-15,17,20,22-24,31-34,37,40-43,46,49-59H2,1-3H3/b19-16-,21-18-,28-25-,29-26-,30-27-,38-35-,39-36-,47-44-,48-45-/t60-/m1/s1. The number of hydrogen-bond acceptors (Lipinski definition) is 6. The zero-order chi connectivity index (χ0) is 50.0. The first kappa shape index (κ1) is 65.1. The normalized spacial score (nSPS) is 12.9. The number of carbonyl (C=O) groups excluding carboxylic acids is 3. The van der Waals surface area contributed by atoms with Crippen molar-refractivity contribution < 1.29 is 28.6 Å². The first-order valence-electron chi connectivity index (χ1n) is 28.4.